The van der Waals surface area contributed by atoms with Crippen LogP contribution in [0.4, 0.5) is 13.2 Å². The van der Waals surface area contributed by atoms with Gasteiger partial charge in [-0.15, -0.1) is 0 Å². The molecule has 3 N–H and O–H groups in total. The van der Waals surface area contributed by atoms with E-state index >= 15 is 0 Å². The van der Waals surface area contributed by atoms with Crippen molar-refractivity contribution in [1.29, 1.82) is 0 Å². The van der Waals surface area contributed by atoms with Gasteiger partial charge in [0, 0.05) is 0 Å². The highest BCUT2D eigenvalue weighted by atomic mass is 19.4. The van der Waals surface area contributed by atoms with Crippen LogP contribution in [0.2, 0.25) is 0 Å². The molecule has 1 rings (SSSR count). The van der Waals surface area contributed by atoms with Gasteiger partial charge in [-0.1, -0.05) is 12.1 Å². The Morgan fingerprint density at radius 1 is 1.11 bits per heavy atom. The maximum absolute atomic E-state index is 12.3. The summed E-state index contributed by atoms with van der Waals surface area (Å²) in [4.78, 5) is 0. The van der Waals surface area contributed by atoms with Gasteiger partial charge in [0.05, 0.1) is 6.04 Å². The van der Waals surface area contributed by atoms with E-state index in [9.17, 15) is 13.2 Å². The average Bonchev–Trinajstić information content (AvgIpc) is 2.24. The zero-order chi connectivity index (χ0) is 14.8. The van der Waals surface area contributed by atoms with E-state index < -0.39 is 23.9 Å². The van der Waals surface area contributed by atoms with E-state index in [0.29, 0.717) is 5.75 Å². The molecule has 108 valence electrons. The number of halogens is 3. The fourth-order valence-electron chi connectivity index (χ4n) is 1.50. The second-order valence-corrected chi connectivity index (χ2v) is 5.30. The standard InChI is InChI=1S/C13H18F3NO2/c1-12(2,3)19-9-6-4-8(5-7-9)10(17)11(18)13(14,15)16/h4-7,10-11,18H,17H2,1-3H3/t10-,11-/m1/s1. The van der Waals surface area contributed by atoms with Gasteiger partial charge in [-0.3, -0.25) is 0 Å². The van der Waals surface area contributed by atoms with E-state index in [1.54, 1.807) is 0 Å². The van der Waals surface area contributed by atoms with Crippen LogP contribution in [0, 0.1) is 0 Å². The van der Waals surface area contributed by atoms with Crippen LogP contribution < -0.4 is 10.5 Å². The second-order valence-electron chi connectivity index (χ2n) is 5.30. The summed E-state index contributed by atoms with van der Waals surface area (Å²) in [5, 5.41) is 9.08. The Balaban J connectivity index is 2.82. The molecule has 0 unspecified atom stereocenters. The van der Waals surface area contributed by atoms with Crippen LogP contribution in [0.5, 0.6) is 5.75 Å². The molecule has 6 heteroatoms. The maximum atomic E-state index is 12.3. The number of hydrogen-bond donors (Lipinski definition) is 2. The topological polar surface area (TPSA) is 55.5 Å². The first-order valence-electron chi connectivity index (χ1n) is 5.80. The van der Waals surface area contributed by atoms with Crippen molar-refractivity contribution in [2.24, 2.45) is 5.73 Å². The largest absolute Gasteiger partial charge is 0.488 e. The summed E-state index contributed by atoms with van der Waals surface area (Å²) < 4.78 is 42.5. The Hall–Kier alpha value is -1.27. The first-order valence-corrected chi connectivity index (χ1v) is 5.80. The minimum Gasteiger partial charge on any atom is -0.488 e. The average molecular weight is 277 g/mol. The van der Waals surface area contributed by atoms with Crippen LogP contribution >= 0.6 is 0 Å². The molecule has 0 spiro atoms. The zero-order valence-electron chi connectivity index (χ0n) is 11.0. The Labute approximate surface area is 110 Å². The number of aliphatic hydroxyl groups is 1. The summed E-state index contributed by atoms with van der Waals surface area (Å²) in [6, 6.07) is 4.39. The minimum atomic E-state index is -4.74. The molecular formula is C13H18F3NO2. The highest BCUT2D eigenvalue weighted by molar-refractivity contribution is 5.30. The molecule has 0 fully saturated rings. The lowest BCUT2D eigenvalue weighted by Gasteiger charge is -2.23. The predicted octanol–water partition coefficient (Wildman–Crippen LogP) is 2.79. The number of rotatable bonds is 3. The first kappa shape index (κ1) is 15.8. The van der Waals surface area contributed by atoms with Crippen molar-refractivity contribution in [3.8, 4) is 5.75 Å². The van der Waals surface area contributed by atoms with Crippen molar-refractivity contribution >= 4 is 0 Å². The third-order valence-electron chi connectivity index (χ3n) is 2.36. The van der Waals surface area contributed by atoms with Gasteiger partial charge in [-0.25, -0.2) is 0 Å². The number of ether oxygens (including phenoxy) is 1. The Bertz CT molecular complexity index is 409. The fourth-order valence-corrected chi connectivity index (χ4v) is 1.50. The highest BCUT2D eigenvalue weighted by Gasteiger charge is 2.42. The molecule has 0 aliphatic carbocycles. The predicted molar refractivity (Wildman–Crippen MR) is 65.8 cm³/mol. The monoisotopic (exact) mass is 277 g/mol. The van der Waals surface area contributed by atoms with E-state index in [0.717, 1.165) is 0 Å². The van der Waals surface area contributed by atoms with Crippen LogP contribution in [0.15, 0.2) is 24.3 Å². The van der Waals surface area contributed by atoms with Gasteiger partial charge in [-0.2, -0.15) is 13.2 Å². The Kier molecular flexibility index (Phi) is 4.47. The van der Waals surface area contributed by atoms with Crippen molar-refractivity contribution < 1.29 is 23.0 Å². The van der Waals surface area contributed by atoms with Gasteiger partial charge < -0.3 is 15.6 Å². The lowest BCUT2D eigenvalue weighted by atomic mass is 10.0. The number of hydrogen-bond acceptors (Lipinski definition) is 3. The fraction of sp³-hybridized carbons (Fsp3) is 0.538. The summed E-state index contributed by atoms with van der Waals surface area (Å²) >= 11 is 0. The summed E-state index contributed by atoms with van der Waals surface area (Å²) in [6.45, 7) is 5.58. The van der Waals surface area contributed by atoms with Gasteiger partial charge in [0.25, 0.3) is 0 Å². The van der Waals surface area contributed by atoms with Crippen molar-refractivity contribution in [3.05, 3.63) is 29.8 Å². The molecule has 1 aromatic carbocycles. The van der Waals surface area contributed by atoms with Crippen LogP contribution in [0.3, 0.4) is 0 Å². The van der Waals surface area contributed by atoms with Crippen LogP contribution in [-0.2, 0) is 0 Å². The third kappa shape index (κ3) is 4.72. The quantitative estimate of drug-likeness (QED) is 0.893. The molecule has 0 heterocycles. The summed E-state index contributed by atoms with van der Waals surface area (Å²) in [5.74, 6) is 0.532. The lowest BCUT2D eigenvalue weighted by Crippen LogP contribution is -2.38. The van der Waals surface area contributed by atoms with Gasteiger partial charge in [0.15, 0.2) is 6.10 Å². The molecule has 0 saturated heterocycles. The Morgan fingerprint density at radius 2 is 1.58 bits per heavy atom. The molecule has 2 atom stereocenters. The molecule has 0 aliphatic rings. The molecule has 0 bridgehead atoms. The van der Waals surface area contributed by atoms with Gasteiger partial charge >= 0.3 is 6.18 Å². The van der Waals surface area contributed by atoms with Gasteiger partial charge in [0.2, 0.25) is 0 Å². The van der Waals surface area contributed by atoms with E-state index in [4.69, 9.17) is 15.6 Å². The van der Waals surface area contributed by atoms with Crippen molar-refractivity contribution in [1.82, 2.24) is 0 Å². The molecule has 0 saturated carbocycles. The molecule has 0 aromatic heterocycles. The van der Waals surface area contributed by atoms with E-state index in [1.165, 1.54) is 24.3 Å². The lowest BCUT2D eigenvalue weighted by molar-refractivity contribution is -0.210. The van der Waals surface area contributed by atoms with Gasteiger partial charge in [-0.05, 0) is 38.5 Å². The van der Waals surface area contributed by atoms with Gasteiger partial charge in [0.1, 0.15) is 11.4 Å². The third-order valence-corrected chi connectivity index (χ3v) is 2.36. The van der Waals surface area contributed by atoms with Crippen molar-refractivity contribution in [2.45, 2.75) is 44.7 Å². The second kappa shape index (κ2) is 5.38. The molecule has 19 heavy (non-hydrogen) atoms. The van der Waals surface area contributed by atoms with E-state index in [2.05, 4.69) is 0 Å². The maximum Gasteiger partial charge on any atom is 0.416 e. The smallest absolute Gasteiger partial charge is 0.416 e. The normalized spacial score (nSPS) is 16.0. The molecule has 0 radical (unpaired) electrons. The SMILES string of the molecule is CC(C)(C)Oc1ccc([C@@H](N)[C@@H](O)C(F)(F)F)cc1. The van der Waals surface area contributed by atoms with Crippen LogP contribution in [0.1, 0.15) is 32.4 Å². The number of alkyl halides is 3. The summed E-state index contributed by atoms with van der Waals surface area (Å²) in [7, 11) is 0. The molecule has 0 amide bonds. The van der Waals surface area contributed by atoms with Crippen LogP contribution in [-0.4, -0.2) is 23.0 Å². The summed E-state index contributed by atoms with van der Waals surface area (Å²) in [5.41, 5.74) is 5.20. The molecule has 1 aromatic rings. The minimum absolute atomic E-state index is 0.200. The molecule has 0 aliphatic heterocycles. The van der Waals surface area contributed by atoms with E-state index in [1.807, 2.05) is 20.8 Å². The Morgan fingerprint density at radius 3 is 1.95 bits per heavy atom. The molecular weight excluding hydrogens is 259 g/mol. The summed E-state index contributed by atoms with van der Waals surface area (Å²) in [6.07, 6.45) is -7.32. The molecule has 3 nitrogen and oxygen atoms in total. The first-order chi connectivity index (χ1) is 8.50. The van der Waals surface area contributed by atoms with Crippen molar-refractivity contribution in [2.75, 3.05) is 0 Å². The van der Waals surface area contributed by atoms with Crippen molar-refractivity contribution in [3.63, 3.8) is 0 Å². The van der Waals surface area contributed by atoms with Crippen LogP contribution in [0.25, 0.3) is 0 Å². The zero-order valence-corrected chi connectivity index (χ0v) is 11.0. The number of aliphatic hydroxyl groups excluding tert-OH is 1. The van der Waals surface area contributed by atoms with E-state index in [-0.39, 0.29) is 5.56 Å². The number of benzene rings is 1. The number of nitrogens with two attached hydrogens (primary N) is 1. The highest BCUT2D eigenvalue weighted by Crippen LogP contribution is 2.29.